The quantitative estimate of drug-likeness (QED) is 0.864. The zero-order valence-electron chi connectivity index (χ0n) is 12.6. The van der Waals surface area contributed by atoms with Crippen LogP contribution in [-0.2, 0) is 6.54 Å². The molecule has 0 unspecified atom stereocenters. The topological polar surface area (TPSA) is 75.9 Å². The van der Waals surface area contributed by atoms with Crippen LogP contribution in [0.5, 0.6) is 0 Å². The van der Waals surface area contributed by atoms with Crippen LogP contribution in [0.4, 0.5) is 5.95 Å². The zero-order valence-corrected chi connectivity index (χ0v) is 12.6. The summed E-state index contributed by atoms with van der Waals surface area (Å²) in [5, 5.41) is 3.00. The number of aromatic nitrogens is 4. The highest BCUT2D eigenvalue weighted by atomic mass is 16.2. The van der Waals surface area contributed by atoms with Crippen LogP contribution in [-0.4, -0.2) is 50.5 Å². The van der Waals surface area contributed by atoms with Gasteiger partial charge in [-0.3, -0.25) is 4.79 Å². The first-order valence-electron chi connectivity index (χ1n) is 6.91. The fourth-order valence-electron chi connectivity index (χ4n) is 1.91. The molecule has 0 fully saturated rings. The van der Waals surface area contributed by atoms with Crippen LogP contribution in [0, 0.1) is 6.92 Å². The van der Waals surface area contributed by atoms with Gasteiger partial charge >= 0.3 is 0 Å². The summed E-state index contributed by atoms with van der Waals surface area (Å²) in [4.78, 5) is 26.3. The second-order valence-corrected chi connectivity index (χ2v) is 4.72. The molecule has 112 valence electrons. The Hall–Kier alpha value is -2.44. The number of aryl methyl sites for hydroxylation is 1. The van der Waals surface area contributed by atoms with E-state index in [2.05, 4.69) is 20.3 Å². The van der Waals surface area contributed by atoms with E-state index in [9.17, 15) is 4.79 Å². The molecule has 0 saturated carbocycles. The predicted molar refractivity (Wildman–Crippen MR) is 80.1 cm³/mol. The first-order valence-corrected chi connectivity index (χ1v) is 6.91. The molecule has 7 nitrogen and oxygen atoms in total. The van der Waals surface area contributed by atoms with Crippen LogP contribution in [0.2, 0.25) is 0 Å². The lowest BCUT2D eigenvalue weighted by Gasteiger charge is -2.17. The van der Waals surface area contributed by atoms with Gasteiger partial charge in [-0.25, -0.2) is 15.0 Å². The van der Waals surface area contributed by atoms with Crippen LogP contribution >= 0.6 is 0 Å². The van der Waals surface area contributed by atoms with Gasteiger partial charge in [0.2, 0.25) is 5.95 Å². The van der Waals surface area contributed by atoms with E-state index in [4.69, 9.17) is 0 Å². The van der Waals surface area contributed by atoms with Gasteiger partial charge in [-0.1, -0.05) is 0 Å². The number of carbonyl (C=O) groups excluding carboxylic acids is 1. The molecule has 7 heteroatoms. The highest BCUT2D eigenvalue weighted by Gasteiger charge is 2.13. The van der Waals surface area contributed by atoms with Crippen molar-refractivity contribution in [2.75, 3.05) is 25.5 Å². The third kappa shape index (κ3) is 3.77. The average molecular weight is 288 g/mol. The van der Waals surface area contributed by atoms with Crippen molar-refractivity contribution in [1.29, 1.82) is 0 Å². The summed E-state index contributed by atoms with van der Waals surface area (Å²) in [7, 11) is 1.77. The molecule has 0 atom stereocenters. The van der Waals surface area contributed by atoms with E-state index in [-0.39, 0.29) is 5.91 Å². The van der Waals surface area contributed by atoms with Crippen molar-refractivity contribution < 1.29 is 4.79 Å². The Morgan fingerprint density at radius 2 is 2.05 bits per heavy atom. The lowest BCUT2D eigenvalue weighted by molar-refractivity contribution is 0.0789. The van der Waals surface area contributed by atoms with Gasteiger partial charge in [0.1, 0.15) is 5.82 Å². The molecule has 2 rings (SSSR count). The normalized spacial score (nSPS) is 10.4. The Morgan fingerprint density at radius 1 is 1.33 bits per heavy atom. The number of hydrogen-bond donors (Lipinski definition) is 1. The van der Waals surface area contributed by atoms with Gasteiger partial charge in [-0.2, -0.15) is 0 Å². The molecule has 21 heavy (non-hydrogen) atoms. The van der Waals surface area contributed by atoms with Crippen molar-refractivity contribution in [1.82, 2.24) is 24.4 Å². The Bertz CT molecular complexity index is 592. The maximum Gasteiger partial charge on any atom is 0.256 e. The molecule has 2 aromatic rings. The van der Waals surface area contributed by atoms with Crippen molar-refractivity contribution in [2.24, 2.45) is 0 Å². The lowest BCUT2D eigenvalue weighted by Crippen LogP contribution is -2.30. The van der Waals surface area contributed by atoms with Crippen LogP contribution in [0.25, 0.3) is 0 Å². The fraction of sp³-hybridized carbons (Fsp3) is 0.429. The van der Waals surface area contributed by atoms with Gasteiger partial charge < -0.3 is 14.8 Å². The molecule has 2 aromatic heterocycles. The van der Waals surface area contributed by atoms with Crippen molar-refractivity contribution in [3.05, 3.63) is 36.2 Å². The van der Waals surface area contributed by atoms with E-state index in [0.717, 1.165) is 12.4 Å². The van der Waals surface area contributed by atoms with Crippen LogP contribution in [0.1, 0.15) is 23.1 Å². The number of hydrogen-bond acceptors (Lipinski definition) is 5. The number of imidazole rings is 1. The Morgan fingerprint density at radius 3 is 2.62 bits per heavy atom. The summed E-state index contributed by atoms with van der Waals surface area (Å²) in [5.41, 5.74) is 0.488. The van der Waals surface area contributed by atoms with E-state index in [1.807, 2.05) is 24.6 Å². The zero-order chi connectivity index (χ0) is 15.2. The number of amides is 1. The molecule has 1 N–H and O–H groups in total. The highest BCUT2D eigenvalue weighted by molar-refractivity contribution is 5.93. The van der Waals surface area contributed by atoms with Gasteiger partial charge in [0.15, 0.2) is 0 Å². The minimum atomic E-state index is -0.0872. The standard InChI is InChI=1S/C14H20N6O/c1-4-15-14-17-9-12(10-18-14)13(21)19(3)7-8-20-6-5-16-11(20)2/h5-6,9-10H,4,7-8H2,1-3H3,(H,15,17,18). The second kappa shape index (κ2) is 6.83. The molecule has 1 amide bonds. The van der Waals surface area contributed by atoms with Gasteiger partial charge in [-0.05, 0) is 13.8 Å². The predicted octanol–water partition coefficient (Wildman–Crippen LogP) is 1.19. The third-order valence-electron chi connectivity index (χ3n) is 3.18. The summed E-state index contributed by atoms with van der Waals surface area (Å²) in [5.74, 6) is 1.38. The second-order valence-electron chi connectivity index (χ2n) is 4.72. The maximum atomic E-state index is 12.3. The molecule has 0 bridgehead atoms. The summed E-state index contributed by atoms with van der Waals surface area (Å²) >= 11 is 0. The number of likely N-dealkylation sites (N-methyl/N-ethyl adjacent to an activating group) is 1. The summed E-state index contributed by atoms with van der Waals surface area (Å²) in [6.07, 6.45) is 6.75. The van der Waals surface area contributed by atoms with Crippen LogP contribution in [0.3, 0.4) is 0 Å². The molecule has 0 aliphatic rings. The minimum absolute atomic E-state index is 0.0872. The number of rotatable bonds is 6. The van der Waals surface area contributed by atoms with E-state index in [0.29, 0.717) is 24.6 Å². The monoisotopic (exact) mass is 288 g/mol. The number of anilines is 1. The maximum absolute atomic E-state index is 12.3. The molecule has 0 aliphatic carbocycles. The first kappa shape index (κ1) is 15.0. The smallest absolute Gasteiger partial charge is 0.256 e. The van der Waals surface area contributed by atoms with Crippen LogP contribution in [0.15, 0.2) is 24.8 Å². The van der Waals surface area contributed by atoms with E-state index >= 15 is 0 Å². The van der Waals surface area contributed by atoms with Crippen molar-refractivity contribution in [3.63, 3.8) is 0 Å². The molecular weight excluding hydrogens is 268 g/mol. The highest BCUT2D eigenvalue weighted by Crippen LogP contribution is 2.04. The van der Waals surface area contributed by atoms with Gasteiger partial charge in [0.05, 0.1) is 5.56 Å². The molecule has 0 aromatic carbocycles. The molecule has 0 radical (unpaired) electrons. The fourth-order valence-corrected chi connectivity index (χ4v) is 1.91. The summed E-state index contributed by atoms with van der Waals surface area (Å²) in [6.45, 7) is 5.97. The van der Waals surface area contributed by atoms with Crippen LogP contribution < -0.4 is 5.32 Å². The summed E-state index contributed by atoms with van der Waals surface area (Å²) in [6, 6.07) is 0. The SMILES string of the molecule is CCNc1ncc(C(=O)N(C)CCn2ccnc2C)cn1. The number of carbonyl (C=O) groups is 1. The number of nitrogens with one attached hydrogen (secondary N) is 1. The van der Waals surface area contributed by atoms with Gasteiger partial charge in [-0.15, -0.1) is 0 Å². The van der Waals surface area contributed by atoms with Crippen molar-refractivity contribution in [2.45, 2.75) is 20.4 Å². The van der Waals surface area contributed by atoms with E-state index in [1.165, 1.54) is 0 Å². The molecule has 2 heterocycles. The van der Waals surface area contributed by atoms with Crippen molar-refractivity contribution >= 4 is 11.9 Å². The Labute approximate surface area is 124 Å². The lowest BCUT2D eigenvalue weighted by atomic mass is 10.3. The molecular formula is C14H20N6O. The van der Waals surface area contributed by atoms with Gasteiger partial charge in [0.25, 0.3) is 5.91 Å². The number of nitrogens with zero attached hydrogens (tertiary/aromatic N) is 5. The van der Waals surface area contributed by atoms with Gasteiger partial charge in [0, 0.05) is 51.5 Å². The summed E-state index contributed by atoms with van der Waals surface area (Å²) < 4.78 is 2.01. The molecule has 0 spiro atoms. The minimum Gasteiger partial charge on any atom is -0.355 e. The largest absolute Gasteiger partial charge is 0.355 e. The van der Waals surface area contributed by atoms with E-state index in [1.54, 1.807) is 30.5 Å². The molecule has 0 saturated heterocycles. The Balaban J connectivity index is 1.94. The third-order valence-corrected chi connectivity index (χ3v) is 3.18. The van der Waals surface area contributed by atoms with E-state index < -0.39 is 0 Å². The van der Waals surface area contributed by atoms with Crippen molar-refractivity contribution in [3.8, 4) is 0 Å². The Kier molecular flexibility index (Phi) is 4.86. The first-order chi connectivity index (χ1) is 10.1. The average Bonchev–Trinajstić information content (AvgIpc) is 2.90. The molecule has 0 aliphatic heterocycles.